The van der Waals surface area contributed by atoms with Crippen molar-refractivity contribution in [3.8, 4) is 0 Å². The summed E-state index contributed by atoms with van der Waals surface area (Å²) < 4.78 is 5.20. The number of amides is 2. The second-order valence-corrected chi connectivity index (χ2v) is 6.82. The fourth-order valence-corrected chi connectivity index (χ4v) is 2.73. The Labute approximate surface area is 173 Å². The van der Waals surface area contributed by atoms with Gasteiger partial charge in [-0.3, -0.25) is 15.1 Å². The topological polar surface area (TPSA) is 80.3 Å². The second-order valence-electron chi connectivity index (χ2n) is 6.38. The molecule has 3 rings (SSSR count). The predicted octanol–water partition coefficient (Wildman–Crippen LogP) is 4.97. The van der Waals surface area contributed by atoms with Gasteiger partial charge in [0.1, 0.15) is 6.61 Å². The molecule has 1 aromatic heterocycles. The summed E-state index contributed by atoms with van der Waals surface area (Å²) in [7, 11) is 0. The first-order valence-electron chi connectivity index (χ1n) is 9.00. The lowest BCUT2D eigenvalue weighted by molar-refractivity contribution is 0.0939. The van der Waals surface area contributed by atoms with Crippen molar-refractivity contribution in [2.45, 2.75) is 19.6 Å². The van der Waals surface area contributed by atoms with E-state index >= 15 is 0 Å². The van der Waals surface area contributed by atoms with Crippen molar-refractivity contribution in [2.24, 2.45) is 0 Å². The lowest BCUT2D eigenvalue weighted by Gasteiger charge is -2.15. The number of pyridine rings is 1. The van der Waals surface area contributed by atoms with Gasteiger partial charge in [-0.1, -0.05) is 35.9 Å². The van der Waals surface area contributed by atoms with Crippen LogP contribution in [0.15, 0.2) is 73.1 Å². The third-order valence-electron chi connectivity index (χ3n) is 4.23. The third kappa shape index (κ3) is 6.05. The Morgan fingerprint density at radius 3 is 2.31 bits per heavy atom. The zero-order chi connectivity index (χ0) is 20.6. The Morgan fingerprint density at radius 1 is 1.00 bits per heavy atom. The molecule has 1 heterocycles. The van der Waals surface area contributed by atoms with Crippen LogP contribution >= 0.6 is 11.6 Å². The highest BCUT2D eigenvalue weighted by molar-refractivity contribution is 6.30. The molecular formula is C22H20ClN3O3. The SMILES string of the molecule is CC(NC(=O)c1ccncc1)c1ccc(NC(=O)OCc2ccc(Cl)cc2)cc1. The Bertz CT molecular complexity index is 961. The molecule has 0 fully saturated rings. The van der Waals surface area contributed by atoms with Gasteiger partial charge in [0.25, 0.3) is 5.91 Å². The Morgan fingerprint density at radius 2 is 1.66 bits per heavy atom. The van der Waals surface area contributed by atoms with E-state index in [1.54, 1.807) is 60.9 Å². The van der Waals surface area contributed by atoms with Crippen LogP contribution in [-0.2, 0) is 11.3 Å². The minimum atomic E-state index is -0.549. The molecule has 3 aromatic rings. The van der Waals surface area contributed by atoms with Gasteiger partial charge in [0.05, 0.1) is 6.04 Å². The van der Waals surface area contributed by atoms with Crippen LogP contribution in [0.4, 0.5) is 10.5 Å². The molecule has 1 atom stereocenters. The van der Waals surface area contributed by atoms with Crippen LogP contribution in [0.1, 0.15) is 34.5 Å². The van der Waals surface area contributed by atoms with E-state index in [4.69, 9.17) is 16.3 Å². The summed E-state index contributed by atoms with van der Waals surface area (Å²) in [5.74, 6) is -0.173. The second kappa shape index (κ2) is 9.71. The van der Waals surface area contributed by atoms with Gasteiger partial charge in [-0.15, -0.1) is 0 Å². The molecule has 2 N–H and O–H groups in total. The lowest BCUT2D eigenvalue weighted by atomic mass is 10.1. The Kier molecular flexibility index (Phi) is 6.81. The maximum Gasteiger partial charge on any atom is 0.411 e. The molecule has 0 aliphatic rings. The number of ether oxygens (including phenoxy) is 1. The average Bonchev–Trinajstić information content (AvgIpc) is 2.74. The molecule has 0 aliphatic heterocycles. The number of carbonyl (C=O) groups excluding carboxylic acids is 2. The summed E-state index contributed by atoms with van der Waals surface area (Å²) in [6.07, 6.45) is 2.60. The number of nitrogens with one attached hydrogen (secondary N) is 2. The summed E-state index contributed by atoms with van der Waals surface area (Å²) >= 11 is 5.83. The van der Waals surface area contributed by atoms with E-state index < -0.39 is 6.09 Å². The average molecular weight is 410 g/mol. The van der Waals surface area contributed by atoms with Crippen molar-refractivity contribution in [1.82, 2.24) is 10.3 Å². The van der Waals surface area contributed by atoms with Crippen molar-refractivity contribution in [3.63, 3.8) is 0 Å². The van der Waals surface area contributed by atoms with E-state index in [2.05, 4.69) is 15.6 Å². The highest BCUT2D eigenvalue weighted by Crippen LogP contribution is 2.17. The first-order chi connectivity index (χ1) is 14.0. The fourth-order valence-electron chi connectivity index (χ4n) is 2.61. The van der Waals surface area contributed by atoms with Crippen LogP contribution < -0.4 is 10.6 Å². The van der Waals surface area contributed by atoms with E-state index in [-0.39, 0.29) is 18.6 Å². The van der Waals surface area contributed by atoms with Gasteiger partial charge in [0.2, 0.25) is 0 Å². The smallest absolute Gasteiger partial charge is 0.411 e. The number of rotatable bonds is 6. The number of aromatic nitrogens is 1. The molecule has 0 bridgehead atoms. The largest absolute Gasteiger partial charge is 0.444 e. The van der Waals surface area contributed by atoms with E-state index in [1.807, 2.05) is 19.1 Å². The number of anilines is 1. The first kappa shape index (κ1) is 20.4. The van der Waals surface area contributed by atoms with Gasteiger partial charge in [-0.25, -0.2) is 4.79 Å². The predicted molar refractivity (Wildman–Crippen MR) is 112 cm³/mol. The van der Waals surface area contributed by atoms with E-state index in [1.165, 1.54) is 0 Å². The molecule has 7 heteroatoms. The first-order valence-corrected chi connectivity index (χ1v) is 9.38. The van der Waals surface area contributed by atoms with E-state index in [0.717, 1.165) is 11.1 Å². The summed E-state index contributed by atoms with van der Waals surface area (Å²) in [5.41, 5.74) is 2.90. The molecule has 148 valence electrons. The minimum absolute atomic E-state index is 0.152. The van der Waals surface area contributed by atoms with Crippen molar-refractivity contribution in [2.75, 3.05) is 5.32 Å². The third-order valence-corrected chi connectivity index (χ3v) is 4.48. The molecule has 0 radical (unpaired) electrons. The van der Waals surface area contributed by atoms with Gasteiger partial charge >= 0.3 is 6.09 Å². The number of hydrogen-bond acceptors (Lipinski definition) is 4. The Hall–Kier alpha value is -3.38. The molecule has 29 heavy (non-hydrogen) atoms. The molecule has 0 saturated heterocycles. The monoisotopic (exact) mass is 409 g/mol. The number of halogens is 1. The Balaban J connectivity index is 1.50. The molecule has 1 unspecified atom stereocenters. The van der Waals surface area contributed by atoms with E-state index in [0.29, 0.717) is 16.3 Å². The van der Waals surface area contributed by atoms with Gasteiger partial charge in [-0.2, -0.15) is 0 Å². The van der Waals surface area contributed by atoms with Crippen molar-refractivity contribution >= 4 is 29.3 Å². The molecular weight excluding hydrogens is 390 g/mol. The van der Waals surface area contributed by atoms with Crippen molar-refractivity contribution in [1.29, 1.82) is 0 Å². The molecule has 0 aliphatic carbocycles. The summed E-state index contributed by atoms with van der Waals surface area (Å²) in [6.45, 7) is 2.04. The van der Waals surface area contributed by atoms with Crippen LogP contribution in [0.2, 0.25) is 5.02 Å². The number of carbonyl (C=O) groups is 2. The van der Waals surface area contributed by atoms with Gasteiger partial charge in [0.15, 0.2) is 0 Å². The summed E-state index contributed by atoms with van der Waals surface area (Å²) in [6, 6.07) is 17.4. The number of benzene rings is 2. The minimum Gasteiger partial charge on any atom is -0.444 e. The van der Waals surface area contributed by atoms with Gasteiger partial charge < -0.3 is 10.1 Å². The van der Waals surface area contributed by atoms with Crippen LogP contribution in [0, 0.1) is 0 Å². The zero-order valence-electron chi connectivity index (χ0n) is 15.8. The normalized spacial score (nSPS) is 11.4. The summed E-state index contributed by atoms with van der Waals surface area (Å²) in [5, 5.41) is 6.23. The van der Waals surface area contributed by atoms with Gasteiger partial charge in [-0.05, 0) is 54.4 Å². The van der Waals surface area contributed by atoms with Crippen LogP contribution in [0.25, 0.3) is 0 Å². The van der Waals surface area contributed by atoms with Crippen molar-refractivity contribution < 1.29 is 14.3 Å². The van der Waals surface area contributed by atoms with Crippen LogP contribution in [0.5, 0.6) is 0 Å². The highest BCUT2D eigenvalue weighted by atomic mass is 35.5. The van der Waals surface area contributed by atoms with Crippen molar-refractivity contribution in [3.05, 3.63) is 94.8 Å². The molecule has 2 aromatic carbocycles. The van der Waals surface area contributed by atoms with Crippen LogP contribution in [0.3, 0.4) is 0 Å². The maximum absolute atomic E-state index is 12.2. The highest BCUT2D eigenvalue weighted by Gasteiger charge is 2.12. The van der Waals surface area contributed by atoms with Crippen LogP contribution in [-0.4, -0.2) is 17.0 Å². The molecule has 6 nitrogen and oxygen atoms in total. The molecule has 0 saturated carbocycles. The lowest BCUT2D eigenvalue weighted by Crippen LogP contribution is -2.26. The zero-order valence-corrected chi connectivity index (χ0v) is 16.5. The summed E-state index contributed by atoms with van der Waals surface area (Å²) in [4.78, 5) is 28.1. The standard InChI is InChI=1S/C22H20ClN3O3/c1-15(25-21(27)18-10-12-24-13-11-18)17-4-8-20(9-5-17)26-22(28)29-14-16-2-6-19(23)7-3-16/h2-13,15H,14H2,1H3,(H,25,27)(H,26,28). The van der Waals surface area contributed by atoms with E-state index in [9.17, 15) is 9.59 Å². The van der Waals surface area contributed by atoms with Gasteiger partial charge in [0, 0.05) is 28.7 Å². The molecule has 2 amide bonds. The maximum atomic E-state index is 12.2. The fraction of sp³-hybridized carbons (Fsp3) is 0.136. The number of nitrogens with zero attached hydrogens (tertiary/aromatic N) is 1. The quantitative estimate of drug-likeness (QED) is 0.602. The number of hydrogen-bond donors (Lipinski definition) is 2. The molecule has 0 spiro atoms.